The molecule has 0 bridgehead atoms. The summed E-state index contributed by atoms with van der Waals surface area (Å²) in [6.07, 6.45) is 0. The summed E-state index contributed by atoms with van der Waals surface area (Å²) >= 11 is 0. The zero-order valence-corrected chi connectivity index (χ0v) is 13.6. The Hall–Kier alpha value is -2.88. The highest BCUT2D eigenvalue weighted by atomic mass is 16.7. The number of hydrogen-bond acceptors (Lipinski definition) is 5. The molecule has 24 heavy (non-hydrogen) atoms. The third-order valence-electron chi connectivity index (χ3n) is 3.40. The second-order valence-electron chi connectivity index (χ2n) is 5.32. The van der Waals surface area contributed by atoms with Crippen molar-refractivity contribution in [3.63, 3.8) is 0 Å². The van der Waals surface area contributed by atoms with Gasteiger partial charge in [0.2, 0.25) is 0 Å². The van der Waals surface area contributed by atoms with Crippen molar-refractivity contribution >= 4 is 17.3 Å². The lowest BCUT2D eigenvalue weighted by atomic mass is 10.1. The molecule has 0 radical (unpaired) electrons. The third-order valence-corrected chi connectivity index (χ3v) is 3.40. The molecule has 0 heterocycles. The van der Waals surface area contributed by atoms with E-state index < -0.39 is 5.91 Å². The molecule has 1 amide bonds. The molecule has 0 spiro atoms. The van der Waals surface area contributed by atoms with Crippen LogP contribution in [-0.2, 0) is 4.84 Å². The summed E-state index contributed by atoms with van der Waals surface area (Å²) in [6, 6.07) is 12.7. The lowest BCUT2D eigenvalue weighted by Gasteiger charge is -2.14. The maximum atomic E-state index is 12.2. The number of nitrogens with zero attached hydrogens (tertiary/aromatic N) is 1. The van der Waals surface area contributed by atoms with Crippen molar-refractivity contribution < 1.29 is 14.7 Å². The van der Waals surface area contributed by atoms with Crippen LogP contribution in [0.5, 0.6) is 0 Å². The molecule has 3 N–H and O–H groups in total. The zero-order valence-electron chi connectivity index (χ0n) is 13.6. The van der Waals surface area contributed by atoms with E-state index in [2.05, 4.69) is 16.9 Å². The largest absolute Gasteiger partial charge is 0.394 e. The molecule has 124 valence electrons. The predicted octanol–water partition coefficient (Wildman–Crippen LogP) is 2.57. The van der Waals surface area contributed by atoms with Gasteiger partial charge in [0.05, 0.1) is 36.1 Å². The number of carbonyl (C=O) groups excluding carboxylic acids is 1. The summed E-state index contributed by atoms with van der Waals surface area (Å²) in [7, 11) is 0. The Bertz CT molecular complexity index is 782. The molecule has 2 rings (SSSR count). The summed E-state index contributed by atoms with van der Waals surface area (Å²) in [4.78, 5) is 17.1. The van der Waals surface area contributed by atoms with Gasteiger partial charge in [-0.05, 0) is 43.7 Å². The Kier molecular flexibility index (Phi) is 5.90. The van der Waals surface area contributed by atoms with Crippen molar-refractivity contribution in [2.24, 2.45) is 0 Å². The summed E-state index contributed by atoms with van der Waals surface area (Å²) in [5.41, 5.74) is 6.57. The quantitative estimate of drug-likeness (QED) is 0.560. The molecule has 0 aliphatic rings. The first kappa shape index (κ1) is 17.5. The van der Waals surface area contributed by atoms with Crippen LogP contribution >= 0.6 is 0 Å². The van der Waals surface area contributed by atoms with Gasteiger partial charge in [0.1, 0.15) is 0 Å². The minimum absolute atomic E-state index is 0.00184. The standard InChI is InChI=1S/C18H19N3O3/c1-12-3-6-16(13(2)9-12)20-17-10-14(11-19)4-5-15(17)18(23)21-24-8-7-22/h3-6,9-10,20,22H,7-8H2,1-2H3,(H,21,23). The first-order valence-corrected chi connectivity index (χ1v) is 7.46. The second kappa shape index (κ2) is 8.11. The monoisotopic (exact) mass is 325 g/mol. The number of rotatable bonds is 6. The smallest absolute Gasteiger partial charge is 0.276 e. The van der Waals surface area contributed by atoms with E-state index in [4.69, 9.17) is 15.2 Å². The maximum Gasteiger partial charge on any atom is 0.276 e. The van der Waals surface area contributed by atoms with Crippen molar-refractivity contribution in [3.05, 3.63) is 58.7 Å². The fourth-order valence-corrected chi connectivity index (χ4v) is 2.23. The van der Waals surface area contributed by atoms with Crippen molar-refractivity contribution in [2.75, 3.05) is 18.5 Å². The van der Waals surface area contributed by atoms with Crippen LogP contribution in [0.2, 0.25) is 0 Å². The van der Waals surface area contributed by atoms with Crippen LogP contribution in [0, 0.1) is 25.2 Å². The van der Waals surface area contributed by atoms with Crippen molar-refractivity contribution in [2.45, 2.75) is 13.8 Å². The molecule has 0 atom stereocenters. The number of carbonyl (C=O) groups is 1. The average molecular weight is 325 g/mol. The molecular formula is C18H19N3O3. The molecule has 0 aliphatic carbocycles. The Balaban J connectivity index is 2.32. The van der Waals surface area contributed by atoms with E-state index >= 15 is 0 Å². The minimum Gasteiger partial charge on any atom is -0.394 e. The van der Waals surface area contributed by atoms with Gasteiger partial charge >= 0.3 is 0 Å². The topological polar surface area (TPSA) is 94.4 Å². The number of aliphatic hydroxyl groups excluding tert-OH is 1. The highest BCUT2D eigenvalue weighted by Crippen LogP contribution is 2.25. The lowest BCUT2D eigenvalue weighted by Crippen LogP contribution is -2.25. The number of nitriles is 1. The molecule has 0 saturated heterocycles. The van der Waals surface area contributed by atoms with Crippen LogP contribution in [0.3, 0.4) is 0 Å². The fourth-order valence-electron chi connectivity index (χ4n) is 2.23. The number of hydroxylamine groups is 1. The van der Waals surface area contributed by atoms with Gasteiger partial charge in [0, 0.05) is 5.69 Å². The number of benzene rings is 2. The van der Waals surface area contributed by atoms with Gasteiger partial charge in [-0.15, -0.1) is 0 Å². The van der Waals surface area contributed by atoms with Crippen molar-refractivity contribution in [1.82, 2.24) is 5.48 Å². The molecule has 0 unspecified atom stereocenters. The number of anilines is 2. The molecular weight excluding hydrogens is 306 g/mol. The number of aliphatic hydroxyl groups is 1. The van der Waals surface area contributed by atoms with Crippen molar-refractivity contribution in [1.29, 1.82) is 5.26 Å². The molecule has 2 aromatic carbocycles. The van der Waals surface area contributed by atoms with Gasteiger partial charge < -0.3 is 10.4 Å². The molecule has 0 saturated carbocycles. The molecule has 0 fully saturated rings. The van der Waals surface area contributed by atoms with Gasteiger partial charge in [-0.3, -0.25) is 9.63 Å². The van der Waals surface area contributed by atoms with E-state index in [-0.39, 0.29) is 13.2 Å². The number of aryl methyl sites for hydroxylation is 2. The number of nitrogens with one attached hydrogen (secondary N) is 2. The Labute approximate surface area is 140 Å². The highest BCUT2D eigenvalue weighted by molar-refractivity contribution is 6.00. The Morgan fingerprint density at radius 2 is 2.00 bits per heavy atom. The lowest BCUT2D eigenvalue weighted by molar-refractivity contribution is 0.0169. The molecule has 0 aliphatic heterocycles. The van der Waals surface area contributed by atoms with Gasteiger partial charge in [-0.25, -0.2) is 5.48 Å². The summed E-state index contributed by atoms with van der Waals surface area (Å²) in [6.45, 7) is 3.78. The first-order chi connectivity index (χ1) is 11.5. The van der Waals surface area contributed by atoms with E-state index in [1.165, 1.54) is 0 Å². The van der Waals surface area contributed by atoms with Gasteiger partial charge in [-0.1, -0.05) is 17.7 Å². The number of hydrogen-bond donors (Lipinski definition) is 3. The molecule has 0 aromatic heterocycles. The van der Waals surface area contributed by atoms with E-state index in [1.54, 1.807) is 18.2 Å². The molecule has 6 heteroatoms. The van der Waals surface area contributed by atoms with E-state index in [0.717, 1.165) is 16.8 Å². The average Bonchev–Trinajstić information content (AvgIpc) is 2.57. The van der Waals surface area contributed by atoms with Crippen LogP contribution in [0.4, 0.5) is 11.4 Å². The van der Waals surface area contributed by atoms with Crippen LogP contribution in [-0.4, -0.2) is 24.2 Å². The summed E-state index contributed by atoms with van der Waals surface area (Å²) in [5.74, 6) is -0.458. The SMILES string of the molecule is Cc1ccc(Nc2cc(C#N)ccc2C(=O)NOCCO)c(C)c1. The van der Waals surface area contributed by atoms with Crippen LogP contribution in [0.1, 0.15) is 27.0 Å². The minimum atomic E-state index is -0.458. The predicted molar refractivity (Wildman–Crippen MR) is 90.9 cm³/mol. The Morgan fingerprint density at radius 3 is 2.67 bits per heavy atom. The summed E-state index contributed by atoms with van der Waals surface area (Å²) < 4.78 is 0. The second-order valence-corrected chi connectivity index (χ2v) is 5.32. The van der Waals surface area contributed by atoms with E-state index in [1.807, 2.05) is 32.0 Å². The third kappa shape index (κ3) is 4.32. The van der Waals surface area contributed by atoms with Gasteiger partial charge in [0.15, 0.2) is 0 Å². The maximum absolute atomic E-state index is 12.2. The van der Waals surface area contributed by atoms with Crippen molar-refractivity contribution in [3.8, 4) is 6.07 Å². The van der Waals surface area contributed by atoms with E-state index in [0.29, 0.717) is 16.8 Å². The zero-order chi connectivity index (χ0) is 17.5. The first-order valence-electron chi connectivity index (χ1n) is 7.46. The molecule has 2 aromatic rings. The fraction of sp³-hybridized carbons (Fsp3) is 0.222. The van der Waals surface area contributed by atoms with Crippen LogP contribution in [0.15, 0.2) is 36.4 Å². The molecule has 6 nitrogen and oxygen atoms in total. The summed E-state index contributed by atoms with van der Waals surface area (Å²) in [5, 5.41) is 21.0. The normalized spacial score (nSPS) is 10.1. The van der Waals surface area contributed by atoms with Gasteiger partial charge in [-0.2, -0.15) is 5.26 Å². The van der Waals surface area contributed by atoms with E-state index in [9.17, 15) is 4.79 Å². The number of amides is 1. The van der Waals surface area contributed by atoms with Gasteiger partial charge in [0.25, 0.3) is 5.91 Å². The Morgan fingerprint density at radius 1 is 1.21 bits per heavy atom. The van der Waals surface area contributed by atoms with Crippen LogP contribution in [0.25, 0.3) is 0 Å². The van der Waals surface area contributed by atoms with Crippen LogP contribution < -0.4 is 10.8 Å². The highest BCUT2D eigenvalue weighted by Gasteiger charge is 2.13.